The Hall–Kier alpha value is -3.49. The van der Waals surface area contributed by atoms with Crippen molar-refractivity contribution in [3.8, 4) is 0 Å². The Labute approximate surface area is 190 Å². The van der Waals surface area contributed by atoms with Crippen LogP contribution in [-0.2, 0) is 21.5 Å². The molecule has 0 radical (unpaired) electrons. The number of rotatable bonds is 7. The second-order valence-corrected chi connectivity index (χ2v) is 8.35. The summed E-state index contributed by atoms with van der Waals surface area (Å²) in [6, 6.07) is -0.826. The zero-order valence-corrected chi connectivity index (χ0v) is 18.0. The summed E-state index contributed by atoms with van der Waals surface area (Å²) in [4.78, 5) is 54.7. The van der Waals surface area contributed by atoms with Crippen LogP contribution in [0, 0.1) is 0 Å². The predicted octanol–water partition coefficient (Wildman–Crippen LogP) is -1.42. The summed E-state index contributed by atoms with van der Waals surface area (Å²) in [6.45, 7) is -0.649. The maximum Gasteiger partial charge on any atom is 0.405 e. The molecule has 34 heavy (non-hydrogen) atoms. The van der Waals surface area contributed by atoms with Gasteiger partial charge in [-0.15, -0.1) is 5.10 Å². The van der Waals surface area contributed by atoms with Crippen LogP contribution in [-0.4, -0.2) is 91.5 Å². The Morgan fingerprint density at radius 2 is 1.85 bits per heavy atom. The second-order valence-electron chi connectivity index (χ2n) is 8.35. The molecule has 2 fully saturated rings. The Morgan fingerprint density at radius 1 is 1.15 bits per heavy atom. The SMILES string of the molecule is O=C(Cc1cc(=O)[nH]c(=O)[nH]1)N1CCN(C(CNC(=O)C2(n3ccnn3)CC2)C(F)(F)F)CC1. The first-order chi connectivity index (χ1) is 16.1. The van der Waals surface area contributed by atoms with E-state index in [1.807, 2.05) is 4.98 Å². The van der Waals surface area contributed by atoms with Crippen LogP contribution in [0.15, 0.2) is 28.0 Å². The monoisotopic (exact) mass is 484 g/mol. The van der Waals surface area contributed by atoms with Crippen molar-refractivity contribution in [3.63, 3.8) is 0 Å². The first-order valence-corrected chi connectivity index (χ1v) is 10.6. The molecule has 1 aliphatic heterocycles. The molecule has 1 saturated carbocycles. The Balaban J connectivity index is 1.34. The van der Waals surface area contributed by atoms with Gasteiger partial charge in [-0.3, -0.25) is 24.3 Å². The van der Waals surface area contributed by atoms with Gasteiger partial charge in [0.1, 0.15) is 11.6 Å². The van der Waals surface area contributed by atoms with Crippen molar-refractivity contribution < 1.29 is 22.8 Å². The van der Waals surface area contributed by atoms with Crippen LogP contribution in [0.3, 0.4) is 0 Å². The van der Waals surface area contributed by atoms with Gasteiger partial charge in [-0.25, -0.2) is 9.48 Å². The molecule has 4 rings (SSSR count). The number of H-pyrrole nitrogens is 2. The molecule has 1 saturated heterocycles. The number of hydrogen-bond donors (Lipinski definition) is 3. The Morgan fingerprint density at radius 3 is 2.41 bits per heavy atom. The van der Waals surface area contributed by atoms with Crippen molar-refractivity contribution >= 4 is 11.8 Å². The summed E-state index contributed by atoms with van der Waals surface area (Å²) in [5, 5.41) is 9.87. The molecule has 12 nitrogen and oxygen atoms in total. The highest BCUT2D eigenvalue weighted by atomic mass is 19.4. The van der Waals surface area contributed by atoms with Crippen molar-refractivity contribution in [2.24, 2.45) is 0 Å². The second kappa shape index (κ2) is 9.04. The number of aromatic amines is 2. The van der Waals surface area contributed by atoms with Gasteiger partial charge in [0.05, 0.1) is 12.6 Å². The first-order valence-electron chi connectivity index (χ1n) is 10.6. The molecule has 184 valence electrons. The molecule has 1 unspecified atom stereocenters. The zero-order chi connectivity index (χ0) is 24.5. The Bertz CT molecular complexity index is 1120. The fourth-order valence-electron chi connectivity index (χ4n) is 4.09. The number of nitrogens with zero attached hydrogens (tertiary/aromatic N) is 5. The van der Waals surface area contributed by atoms with Gasteiger partial charge in [-0.2, -0.15) is 13.2 Å². The van der Waals surface area contributed by atoms with Crippen LogP contribution in [0.2, 0.25) is 0 Å². The largest absolute Gasteiger partial charge is 0.405 e. The molecule has 2 aliphatic rings. The number of piperazine rings is 1. The topological polar surface area (TPSA) is 149 Å². The maximum atomic E-state index is 13.8. The summed E-state index contributed by atoms with van der Waals surface area (Å²) in [6.07, 6.45) is -0.988. The fourth-order valence-corrected chi connectivity index (χ4v) is 4.09. The molecule has 3 heterocycles. The summed E-state index contributed by atoms with van der Waals surface area (Å²) in [5.74, 6) is -0.950. The molecule has 0 aromatic carbocycles. The number of carbonyl (C=O) groups is 2. The average molecular weight is 484 g/mol. The first kappa shape index (κ1) is 23.7. The van der Waals surface area contributed by atoms with E-state index in [1.165, 1.54) is 26.9 Å². The summed E-state index contributed by atoms with van der Waals surface area (Å²) in [7, 11) is 0. The molecule has 0 spiro atoms. The third-order valence-corrected chi connectivity index (χ3v) is 6.11. The highest BCUT2D eigenvalue weighted by molar-refractivity contribution is 5.87. The van der Waals surface area contributed by atoms with Gasteiger partial charge in [0.15, 0.2) is 0 Å². The van der Waals surface area contributed by atoms with Crippen LogP contribution in [0.4, 0.5) is 13.2 Å². The highest BCUT2D eigenvalue weighted by Crippen LogP contribution is 2.43. The number of aromatic nitrogens is 5. The van der Waals surface area contributed by atoms with E-state index >= 15 is 0 Å². The molecule has 1 aliphatic carbocycles. The van der Waals surface area contributed by atoms with E-state index < -0.39 is 47.4 Å². The molecule has 1 atom stereocenters. The lowest BCUT2D eigenvalue weighted by Crippen LogP contribution is -2.59. The van der Waals surface area contributed by atoms with Gasteiger partial charge in [0, 0.05) is 50.7 Å². The van der Waals surface area contributed by atoms with E-state index in [1.54, 1.807) is 0 Å². The highest BCUT2D eigenvalue weighted by Gasteiger charge is 2.53. The minimum atomic E-state index is -4.59. The van der Waals surface area contributed by atoms with Gasteiger partial charge in [-0.05, 0) is 12.8 Å². The molecule has 2 aromatic heterocycles. The van der Waals surface area contributed by atoms with Crippen LogP contribution in [0.5, 0.6) is 0 Å². The van der Waals surface area contributed by atoms with Crippen molar-refractivity contribution in [2.75, 3.05) is 32.7 Å². The van der Waals surface area contributed by atoms with Crippen LogP contribution >= 0.6 is 0 Å². The van der Waals surface area contributed by atoms with Gasteiger partial charge < -0.3 is 15.2 Å². The van der Waals surface area contributed by atoms with E-state index in [0.29, 0.717) is 12.8 Å². The number of carbonyl (C=O) groups excluding carboxylic acids is 2. The molecular weight excluding hydrogens is 461 g/mol. The minimum Gasteiger partial charge on any atom is -0.352 e. The zero-order valence-electron chi connectivity index (χ0n) is 18.0. The number of nitrogens with one attached hydrogen (secondary N) is 3. The molecular formula is C19H23F3N8O4. The van der Waals surface area contributed by atoms with Gasteiger partial charge in [0.25, 0.3) is 5.56 Å². The molecule has 15 heteroatoms. The lowest BCUT2D eigenvalue weighted by Gasteiger charge is -2.40. The molecule has 2 amide bonds. The Kier molecular flexibility index (Phi) is 6.29. The molecule has 2 aromatic rings. The average Bonchev–Trinajstić information content (AvgIpc) is 3.38. The van der Waals surface area contributed by atoms with Crippen LogP contribution in [0.1, 0.15) is 18.5 Å². The number of halogens is 3. The number of amides is 2. The number of hydrogen-bond acceptors (Lipinski definition) is 7. The summed E-state index contributed by atoms with van der Waals surface area (Å²) < 4.78 is 42.7. The fraction of sp³-hybridized carbons (Fsp3) is 0.579. The van der Waals surface area contributed by atoms with Crippen molar-refractivity contribution in [3.05, 3.63) is 45.0 Å². The third kappa shape index (κ3) is 5.03. The molecule has 3 N–H and O–H groups in total. The summed E-state index contributed by atoms with van der Waals surface area (Å²) in [5.41, 5.74) is -2.26. The van der Waals surface area contributed by atoms with E-state index in [9.17, 15) is 32.3 Å². The standard InChI is InChI=1S/C19H23F3N8O4/c20-19(21,22)13(11-23-16(33)18(1-2-18)30-4-3-24-27-30)28-5-7-29(8-6-28)15(32)10-12-9-14(31)26-17(34)25-12/h3-4,9,13H,1-2,5-8,10-11H2,(H,23,33)(H2,25,26,31,34). The normalized spacial score (nSPS) is 19.0. The minimum absolute atomic E-state index is 0.0374. The van der Waals surface area contributed by atoms with Gasteiger partial charge in [0.2, 0.25) is 11.8 Å². The van der Waals surface area contributed by atoms with Gasteiger partial charge in [-0.1, -0.05) is 5.21 Å². The van der Waals surface area contributed by atoms with Crippen LogP contribution < -0.4 is 16.6 Å². The van der Waals surface area contributed by atoms with E-state index in [-0.39, 0.29) is 38.3 Å². The van der Waals surface area contributed by atoms with E-state index in [4.69, 9.17) is 0 Å². The third-order valence-electron chi connectivity index (χ3n) is 6.11. The van der Waals surface area contributed by atoms with Crippen molar-refractivity contribution in [1.82, 2.24) is 40.1 Å². The van der Waals surface area contributed by atoms with Crippen molar-refractivity contribution in [1.29, 1.82) is 0 Å². The van der Waals surface area contributed by atoms with Crippen LogP contribution in [0.25, 0.3) is 0 Å². The number of alkyl halides is 3. The smallest absolute Gasteiger partial charge is 0.352 e. The van der Waals surface area contributed by atoms with Gasteiger partial charge >= 0.3 is 11.9 Å². The quantitative estimate of drug-likeness (QED) is 0.437. The van der Waals surface area contributed by atoms with E-state index in [2.05, 4.69) is 20.6 Å². The maximum absolute atomic E-state index is 13.8. The summed E-state index contributed by atoms with van der Waals surface area (Å²) >= 11 is 0. The predicted molar refractivity (Wildman–Crippen MR) is 110 cm³/mol. The lowest BCUT2D eigenvalue weighted by molar-refractivity contribution is -0.187. The lowest BCUT2D eigenvalue weighted by atomic mass is 10.1. The van der Waals surface area contributed by atoms with Crippen molar-refractivity contribution in [2.45, 2.75) is 37.0 Å². The molecule has 0 bridgehead atoms. The van der Waals surface area contributed by atoms with E-state index in [0.717, 1.165) is 6.07 Å².